The molecule has 0 unspecified atom stereocenters. The largest absolute Gasteiger partial charge is 0.497 e. The van der Waals surface area contributed by atoms with Crippen LogP contribution in [0.3, 0.4) is 0 Å². The van der Waals surface area contributed by atoms with Gasteiger partial charge in [0.2, 0.25) is 9.84 Å². The molecule has 0 atom stereocenters. The maximum atomic E-state index is 12.8. The predicted molar refractivity (Wildman–Crippen MR) is 101 cm³/mol. The highest BCUT2D eigenvalue weighted by Crippen LogP contribution is 2.24. The van der Waals surface area contributed by atoms with Gasteiger partial charge in [-0.25, -0.2) is 13.4 Å². The average molecular weight is 367 g/mol. The van der Waals surface area contributed by atoms with Gasteiger partial charge in [0.15, 0.2) is 5.78 Å². The second-order valence-electron chi connectivity index (χ2n) is 5.76. The molecular formula is C20H17NO4S. The van der Waals surface area contributed by atoms with Crippen molar-refractivity contribution in [2.45, 2.75) is 11.8 Å². The second kappa shape index (κ2) is 7.09. The van der Waals surface area contributed by atoms with Gasteiger partial charge in [0, 0.05) is 0 Å². The van der Waals surface area contributed by atoms with E-state index in [4.69, 9.17) is 4.74 Å². The number of carbonyl (C=O) groups excluding carboxylic acids is 1. The summed E-state index contributed by atoms with van der Waals surface area (Å²) < 4.78 is 30.7. The number of ether oxygens (including phenoxy) is 1. The Morgan fingerprint density at radius 1 is 0.923 bits per heavy atom. The van der Waals surface area contributed by atoms with Gasteiger partial charge in [-0.1, -0.05) is 17.7 Å². The van der Waals surface area contributed by atoms with Crippen molar-refractivity contribution in [1.29, 1.82) is 0 Å². The fourth-order valence-electron chi connectivity index (χ4n) is 2.43. The Morgan fingerprint density at radius 3 is 2.19 bits per heavy atom. The lowest BCUT2D eigenvalue weighted by Crippen LogP contribution is -2.17. The molecule has 1 aliphatic rings. The molecule has 0 bridgehead atoms. The minimum atomic E-state index is -3.90. The monoisotopic (exact) mass is 367 g/mol. The van der Waals surface area contributed by atoms with Crippen molar-refractivity contribution >= 4 is 27.0 Å². The molecule has 132 valence electrons. The molecule has 0 saturated heterocycles. The van der Waals surface area contributed by atoms with Gasteiger partial charge in [0.05, 0.1) is 23.4 Å². The Hall–Kier alpha value is -2.99. The third-order valence-electron chi connectivity index (χ3n) is 3.88. The zero-order chi connectivity index (χ0) is 18.7. The number of benzene rings is 2. The number of aliphatic imine (C=N–C) groups is 1. The van der Waals surface area contributed by atoms with E-state index in [1.54, 1.807) is 43.5 Å². The molecule has 6 heteroatoms. The second-order valence-corrected chi connectivity index (χ2v) is 7.68. The Morgan fingerprint density at radius 2 is 1.58 bits per heavy atom. The van der Waals surface area contributed by atoms with Gasteiger partial charge in [-0.3, -0.25) is 4.79 Å². The van der Waals surface area contributed by atoms with Crippen LogP contribution in [-0.2, 0) is 14.6 Å². The number of ketones is 1. The van der Waals surface area contributed by atoms with Gasteiger partial charge < -0.3 is 4.74 Å². The predicted octanol–water partition coefficient (Wildman–Crippen LogP) is 3.57. The Kier molecular flexibility index (Phi) is 4.86. The first-order valence-corrected chi connectivity index (χ1v) is 9.37. The van der Waals surface area contributed by atoms with Crippen molar-refractivity contribution in [3.8, 4) is 5.75 Å². The van der Waals surface area contributed by atoms with Crippen LogP contribution in [0.4, 0.5) is 5.69 Å². The van der Waals surface area contributed by atoms with Gasteiger partial charge in [0.25, 0.3) is 0 Å². The summed E-state index contributed by atoms with van der Waals surface area (Å²) in [7, 11) is -2.33. The zero-order valence-corrected chi connectivity index (χ0v) is 15.2. The molecule has 0 fully saturated rings. The van der Waals surface area contributed by atoms with Gasteiger partial charge in [0.1, 0.15) is 10.7 Å². The molecule has 0 heterocycles. The van der Waals surface area contributed by atoms with E-state index in [1.807, 2.05) is 6.92 Å². The normalized spacial score (nSPS) is 15.8. The van der Waals surface area contributed by atoms with Crippen molar-refractivity contribution < 1.29 is 17.9 Å². The number of hydrogen-bond acceptors (Lipinski definition) is 5. The maximum absolute atomic E-state index is 12.8. The average Bonchev–Trinajstić information content (AvgIpc) is 2.64. The van der Waals surface area contributed by atoms with Crippen molar-refractivity contribution in [2.75, 3.05) is 7.11 Å². The number of allylic oxidation sites excluding steroid dienone is 4. The summed E-state index contributed by atoms with van der Waals surface area (Å²) in [5.74, 6) is 0.140. The third-order valence-corrected chi connectivity index (χ3v) is 5.67. The first kappa shape index (κ1) is 17.8. The molecule has 0 N–H and O–H groups in total. The van der Waals surface area contributed by atoms with Gasteiger partial charge in [-0.2, -0.15) is 0 Å². The van der Waals surface area contributed by atoms with Crippen LogP contribution < -0.4 is 4.74 Å². The van der Waals surface area contributed by atoms with Gasteiger partial charge in [-0.05, 0) is 61.5 Å². The molecule has 5 nitrogen and oxygen atoms in total. The molecule has 0 saturated carbocycles. The lowest BCUT2D eigenvalue weighted by molar-refractivity contribution is -0.110. The van der Waals surface area contributed by atoms with E-state index >= 15 is 0 Å². The molecule has 2 aromatic rings. The van der Waals surface area contributed by atoms with Crippen LogP contribution in [0, 0.1) is 6.92 Å². The molecule has 26 heavy (non-hydrogen) atoms. The number of sulfone groups is 1. The summed E-state index contributed by atoms with van der Waals surface area (Å²) >= 11 is 0. The van der Waals surface area contributed by atoms with E-state index in [9.17, 15) is 13.2 Å². The van der Waals surface area contributed by atoms with Gasteiger partial charge >= 0.3 is 0 Å². The molecule has 2 aromatic carbocycles. The smallest absolute Gasteiger partial charge is 0.210 e. The first-order chi connectivity index (χ1) is 12.4. The molecular weight excluding hydrogens is 350 g/mol. The fourth-order valence-corrected chi connectivity index (χ4v) is 3.78. The standard InChI is InChI=1S/C20H17NO4S/c1-14-3-10-18(11-4-14)26(23,24)20-13-16(7-12-19(20)22)21-15-5-8-17(25-2)9-6-15/h3-13H,1-2H3. The van der Waals surface area contributed by atoms with E-state index in [1.165, 1.54) is 30.4 Å². The number of rotatable bonds is 4. The third kappa shape index (κ3) is 3.65. The van der Waals surface area contributed by atoms with E-state index in [-0.39, 0.29) is 9.80 Å². The van der Waals surface area contributed by atoms with Gasteiger partial charge in [-0.15, -0.1) is 0 Å². The number of hydrogen-bond donors (Lipinski definition) is 0. The Balaban J connectivity index is 1.99. The van der Waals surface area contributed by atoms with E-state index < -0.39 is 15.6 Å². The van der Waals surface area contributed by atoms with Crippen LogP contribution in [-0.4, -0.2) is 27.0 Å². The van der Waals surface area contributed by atoms with Crippen LogP contribution in [0.2, 0.25) is 0 Å². The molecule has 1 aliphatic carbocycles. The fraction of sp³-hybridized carbons (Fsp3) is 0.100. The number of nitrogens with zero attached hydrogens (tertiary/aromatic N) is 1. The van der Waals surface area contributed by atoms with E-state index in [2.05, 4.69) is 4.99 Å². The summed E-state index contributed by atoms with van der Waals surface area (Å²) in [4.78, 5) is 16.3. The molecule has 0 radical (unpaired) electrons. The van der Waals surface area contributed by atoms with Crippen LogP contribution in [0.1, 0.15) is 5.56 Å². The minimum Gasteiger partial charge on any atom is -0.497 e. The molecule has 0 aliphatic heterocycles. The van der Waals surface area contributed by atoms with Crippen molar-refractivity contribution in [3.63, 3.8) is 0 Å². The Bertz CT molecular complexity index is 1030. The number of aryl methyl sites for hydroxylation is 1. The summed E-state index contributed by atoms with van der Waals surface area (Å²) in [6, 6.07) is 13.4. The molecule has 0 amide bonds. The zero-order valence-electron chi connectivity index (χ0n) is 14.3. The number of carbonyl (C=O) groups is 1. The highest BCUT2D eigenvalue weighted by molar-refractivity contribution is 7.96. The quantitative estimate of drug-likeness (QED) is 0.775. The summed E-state index contributed by atoms with van der Waals surface area (Å²) in [5.41, 5.74) is 1.96. The minimum absolute atomic E-state index is 0.0850. The van der Waals surface area contributed by atoms with Crippen molar-refractivity contribution in [1.82, 2.24) is 0 Å². The molecule has 3 rings (SSSR count). The van der Waals surface area contributed by atoms with Crippen LogP contribution in [0.15, 0.2) is 81.6 Å². The lowest BCUT2D eigenvalue weighted by atomic mass is 10.1. The highest BCUT2D eigenvalue weighted by Gasteiger charge is 2.27. The van der Waals surface area contributed by atoms with E-state index in [0.29, 0.717) is 17.1 Å². The molecule has 0 spiro atoms. The topological polar surface area (TPSA) is 72.8 Å². The van der Waals surface area contributed by atoms with Crippen LogP contribution >= 0.6 is 0 Å². The maximum Gasteiger partial charge on any atom is 0.210 e. The first-order valence-electron chi connectivity index (χ1n) is 7.89. The summed E-state index contributed by atoms with van der Waals surface area (Å²) in [5, 5.41) is 0. The summed E-state index contributed by atoms with van der Waals surface area (Å²) in [6.45, 7) is 1.86. The number of methoxy groups -OCH3 is 1. The Labute approximate surface area is 152 Å². The lowest BCUT2D eigenvalue weighted by Gasteiger charge is -2.10. The SMILES string of the molecule is COc1ccc(N=C2C=CC(=O)C(S(=O)(=O)c3ccc(C)cc3)=C2)cc1. The van der Waals surface area contributed by atoms with Crippen molar-refractivity contribution in [2.24, 2.45) is 4.99 Å². The summed E-state index contributed by atoms with van der Waals surface area (Å²) in [6.07, 6.45) is 4.03. The van der Waals surface area contributed by atoms with Crippen LogP contribution in [0.5, 0.6) is 5.75 Å². The molecule has 0 aromatic heterocycles. The van der Waals surface area contributed by atoms with Crippen LogP contribution in [0.25, 0.3) is 0 Å². The van der Waals surface area contributed by atoms with Crippen molar-refractivity contribution in [3.05, 3.63) is 77.2 Å². The highest BCUT2D eigenvalue weighted by atomic mass is 32.2. The van der Waals surface area contributed by atoms with E-state index in [0.717, 1.165) is 5.56 Å².